The van der Waals surface area contributed by atoms with Gasteiger partial charge in [-0.05, 0) is 19.1 Å². The maximum Gasteiger partial charge on any atom is 0.246 e. The van der Waals surface area contributed by atoms with Gasteiger partial charge in [-0.1, -0.05) is 12.1 Å². The van der Waals surface area contributed by atoms with E-state index >= 15 is 0 Å². The van der Waals surface area contributed by atoms with Crippen LogP contribution in [0.3, 0.4) is 0 Å². The van der Waals surface area contributed by atoms with E-state index in [-0.39, 0.29) is 11.4 Å². The first kappa shape index (κ1) is 14.5. The zero-order valence-electron chi connectivity index (χ0n) is 11.1. The van der Waals surface area contributed by atoms with Crippen LogP contribution in [0.25, 0.3) is 0 Å². The molecule has 1 aromatic carbocycles. The van der Waals surface area contributed by atoms with Crippen molar-refractivity contribution in [3.05, 3.63) is 24.3 Å². The fourth-order valence-corrected chi connectivity index (χ4v) is 3.76. The van der Waals surface area contributed by atoms with E-state index in [2.05, 4.69) is 10.6 Å². The summed E-state index contributed by atoms with van der Waals surface area (Å²) < 4.78 is 26.2. The highest BCUT2D eigenvalue weighted by atomic mass is 32.2. The summed E-state index contributed by atoms with van der Waals surface area (Å²) in [5.41, 5.74) is 0.415. The Kier molecular flexibility index (Phi) is 3.78. The van der Waals surface area contributed by atoms with Crippen LogP contribution in [0.2, 0.25) is 0 Å². The fourth-order valence-electron chi connectivity index (χ4n) is 2.01. The van der Waals surface area contributed by atoms with Crippen molar-refractivity contribution in [3.63, 3.8) is 0 Å². The minimum absolute atomic E-state index is 0.0388. The summed E-state index contributed by atoms with van der Waals surface area (Å²) in [6.45, 7) is 1.08. The van der Waals surface area contributed by atoms with Crippen molar-refractivity contribution in [2.75, 3.05) is 18.9 Å². The van der Waals surface area contributed by atoms with Gasteiger partial charge >= 0.3 is 0 Å². The van der Waals surface area contributed by atoms with E-state index in [1.807, 2.05) is 0 Å². The molecule has 8 heteroatoms. The number of piperazine rings is 1. The Morgan fingerprint density at radius 2 is 1.95 bits per heavy atom. The quantitative estimate of drug-likeness (QED) is 0.751. The predicted molar refractivity (Wildman–Crippen MR) is 72.5 cm³/mol. The lowest BCUT2D eigenvalue weighted by Crippen LogP contribution is -2.58. The number of rotatable bonds is 3. The molecule has 1 saturated heterocycles. The van der Waals surface area contributed by atoms with Crippen LogP contribution in [0.5, 0.6) is 0 Å². The maximum absolute atomic E-state index is 12.6. The lowest BCUT2D eigenvalue weighted by Gasteiger charge is -2.31. The number of carbonyl (C=O) groups excluding carboxylic acids is 2. The SMILES string of the molecule is CNc1ccccc1S(=O)(=O)N1CC(=O)NC(=O)C1C. The normalized spacial score (nSPS) is 20.6. The Labute approximate surface area is 117 Å². The monoisotopic (exact) mass is 297 g/mol. The number of benzene rings is 1. The molecule has 0 radical (unpaired) electrons. The van der Waals surface area contributed by atoms with E-state index in [0.717, 1.165) is 4.31 Å². The summed E-state index contributed by atoms with van der Waals surface area (Å²) in [6, 6.07) is 5.41. The number of para-hydroxylation sites is 1. The number of imide groups is 1. The average molecular weight is 297 g/mol. The van der Waals surface area contributed by atoms with E-state index in [1.165, 1.54) is 13.0 Å². The second-order valence-electron chi connectivity index (χ2n) is 4.38. The lowest BCUT2D eigenvalue weighted by molar-refractivity contribution is -0.136. The number of sulfonamides is 1. The van der Waals surface area contributed by atoms with Gasteiger partial charge in [0.1, 0.15) is 10.9 Å². The Hall–Kier alpha value is -1.93. The number of hydrogen-bond donors (Lipinski definition) is 2. The van der Waals surface area contributed by atoms with Gasteiger partial charge in [0.2, 0.25) is 21.8 Å². The third-order valence-corrected chi connectivity index (χ3v) is 5.09. The van der Waals surface area contributed by atoms with Crippen molar-refractivity contribution < 1.29 is 18.0 Å². The Morgan fingerprint density at radius 1 is 1.30 bits per heavy atom. The molecular formula is C12H15N3O4S. The first-order chi connectivity index (χ1) is 9.37. The summed E-state index contributed by atoms with van der Waals surface area (Å²) in [7, 11) is -2.33. The zero-order valence-corrected chi connectivity index (χ0v) is 11.9. The lowest BCUT2D eigenvalue weighted by atomic mass is 10.2. The number of hydrogen-bond acceptors (Lipinski definition) is 5. The van der Waals surface area contributed by atoms with Crippen LogP contribution < -0.4 is 10.6 Å². The molecule has 1 aliphatic rings. The largest absolute Gasteiger partial charge is 0.387 e. The van der Waals surface area contributed by atoms with Crippen LogP contribution in [0.1, 0.15) is 6.92 Å². The van der Waals surface area contributed by atoms with Gasteiger partial charge in [0.05, 0.1) is 12.2 Å². The molecule has 20 heavy (non-hydrogen) atoms. The van der Waals surface area contributed by atoms with Crippen molar-refractivity contribution in [3.8, 4) is 0 Å². The molecule has 0 aliphatic carbocycles. The molecule has 108 valence electrons. The van der Waals surface area contributed by atoms with Crippen LogP contribution >= 0.6 is 0 Å². The van der Waals surface area contributed by atoms with Crippen molar-refractivity contribution in [1.82, 2.24) is 9.62 Å². The minimum atomic E-state index is -3.93. The molecule has 7 nitrogen and oxygen atoms in total. The van der Waals surface area contributed by atoms with Gasteiger partial charge < -0.3 is 5.32 Å². The standard InChI is InChI=1S/C12H15N3O4S/c1-8-12(17)14-11(16)7-15(8)20(18,19)10-6-4-3-5-9(10)13-2/h3-6,8,13H,7H2,1-2H3,(H,14,16,17). The van der Waals surface area contributed by atoms with Gasteiger partial charge in [0.15, 0.2) is 0 Å². The average Bonchev–Trinajstić information content (AvgIpc) is 2.42. The van der Waals surface area contributed by atoms with Crippen LogP contribution in [0.15, 0.2) is 29.2 Å². The highest BCUT2D eigenvalue weighted by Crippen LogP contribution is 2.26. The van der Waals surface area contributed by atoms with Gasteiger partial charge in [-0.25, -0.2) is 8.42 Å². The topological polar surface area (TPSA) is 95.6 Å². The van der Waals surface area contributed by atoms with E-state index in [0.29, 0.717) is 5.69 Å². The van der Waals surface area contributed by atoms with E-state index in [1.54, 1.807) is 25.2 Å². The minimum Gasteiger partial charge on any atom is -0.387 e. The fraction of sp³-hybridized carbons (Fsp3) is 0.333. The molecule has 2 N–H and O–H groups in total. The van der Waals surface area contributed by atoms with Gasteiger partial charge in [-0.2, -0.15) is 4.31 Å². The summed E-state index contributed by atoms with van der Waals surface area (Å²) in [5.74, 6) is -1.25. The molecule has 1 aliphatic heterocycles. The Bertz CT molecular complexity index is 656. The first-order valence-electron chi connectivity index (χ1n) is 6.00. The Balaban J connectivity index is 2.49. The zero-order chi connectivity index (χ0) is 14.9. The van der Waals surface area contributed by atoms with Gasteiger partial charge in [-0.3, -0.25) is 14.9 Å². The van der Waals surface area contributed by atoms with Crippen LogP contribution in [-0.4, -0.2) is 44.2 Å². The number of nitrogens with one attached hydrogen (secondary N) is 2. The number of anilines is 1. The number of nitrogens with zero attached hydrogens (tertiary/aromatic N) is 1. The van der Waals surface area contributed by atoms with Crippen molar-refractivity contribution in [2.24, 2.45) is 0 Å². The summed E-state index contributed by atoms with van der Waals surface area (Å²) >= 11 is 0. The van der Waals surface area contributed by atoms with E-state index < -0.39 is 27.9 Å². The summed E-state index contributed by atoms with van der Waals surface area (Å²) in [5, 5.41) is 4.90. The highest BCUT2D eigenvalue weighted by molar-refractivity contribution is 7.89. The van der Waals surface area contributed by atoms with Crippen molar-refractivity contribution >= 4 is 27.5 Å². The van der Waals surface area contributed by atoms with Crippen molar-refractivity contribution in [2.45, 2.75) is 17.9 Å². The molecule has 0 aromatic heterocycles. The number of amides is 2. The van der Waals surface area contributed by atoms with Gasteiger partial charge in [0.25, 0.3) is 0 Å². The molecule has 1 heterocycles. The molecular weight excluding hydrogens is 282 g/mol. The molecule has 0 bridgehead atoms. The molecule has 1 unspecified atom stereocenters. The second-order valence-corrected chi connectivity index (χ2v) is 6.24. The molecule has 0 spiro atoms. The summed E-state index contributed by atoms with van der Waals surface area (Å²) in [4.78, 5) is 23.0. The Morgan fingerprint density at radius 3 is 2.60 bits per heavy atom. The van der Waals surface area contributed by atoms with E-state index in [9.17, 15) is 18.0 Å². The highest BCUT2D eigenvalue weighted by Gasteiger charge is 2.39. The smallest absolute Gasteiger partial charge is 0.246 e. The first-order valence-corrected chi connectivity index (χ1v) is 7.44. The second kappa shape index (κ2) is 5.22. The van der Waals surface area contributed by atoms with Gasteiger partial charge in [0, 0.05) is 7.05 Å². The third-order valence-electron chi connectivity index (χ3n) is 3.12. The predicted octanol–water partition coefficient (Wildman–Crippen LogP) is -0.236. The molecule has 1 aromatic rings. The third kappa shape index (κ3) is 2.39. The van der Waals surface area contributed by atoms with Crippen LogP contribution in [0.4, 0.5) is 5.69 Å². The van der Waals surface area contributed by atoms with Crippen molar-refractivity contribution in [1.29, 1.82) is 0 Å². The molecule has 2 rings (SSSR count). The van der Waals surface area contributed by atoms with Gasteiger partial charge in [-0.15, -0.1) is 0 Å². The summed E-state index contributed by atoms with van der Waals surface area (Å²) in [6.07, 6.45) is 0. The molecule has 0 saturated carbocycles. The molecule has 2 amide bonds. The van der Waals surface area contributed by atoms with Crippen LogP contribution in [0, 0.1) is 0 Å². The molecule has 1 fully saturated rings. The number of carbonyl (C=O) groups is 2. The van der Waals surface area contributed by atoms with Crippen LogP contribution in [-0.2, 0) is 19.6 Å². The van der Waals surface area contributed by atoms with E-state index in [4.69, 9.17) is 0 Å². The molecule has 1 atom stereocenters. The maximum atomic E-state index is 12.6.